The largest absolute Gasteiger partial charge is 0.388 e. The SMILES string of the molecule is COOC(OOC)[C@@H](C)O. The van der Waals surface area contributed by atoms with Crippen molar-refractivity contribution >= 4 is 0 Å². The number of hydrogen-bond donors (Lipinski definition) is 1. The molecule has 0 heterocycles. The van der Waals surface area contributed by atoms with Crippen LogP contribution in [0.25, 0.3) is 0 Å². The van der Waals surface area contributed by atoms with Crippen LogP contribution in [0.2, 0.25) is 0 Å². The Kier molecular flexibility index (Phi) is 5.46. The zero-order valence-electron chi connectivity index (χ0n) is 6.23. The molecule has 0 fully saturated rings. The maximum atomic E-state index is 8.86. The van der Waals surface area contributed by atoms with E-state index >= 15 is 0 Å². The minimum absolute atomic E-state index is 0.806. The highest BCUT2D eigenvalue weighted by Crippen LogP contribution is 2.00. The Balaban J connectivity index is 3.50. The topological polar surface area (TPSA) is 57.2 Å². The molecule has 5 heteroatoms. The van der Waals surface area contributed by atoms with Gasteiger partial charge in [-0.25, -0.2) is 9.78 Å². The van der Waals surface area contributed by atoms with Crippen LogP contribution in [-0.4, -0.2) is 31.7 Å². The summed E-state index contributed by atoms with van der Waals surface area (Å²) in [6.07, 6.45) is -1.71. The van der Waals surface area contributed by atoms with Crippen molar-refractivity contribution in [2.24, 2.45) is 0 Å². The first-order chi connectivity index (χ1) is 4.72. The summed E-state index contributed by atoms with van der Waals surface area (Å²) >= 11 is 0. The van der Waals surface area contributed by atoms with Gasteiger partial charge in [0.15, 0.2) is 0 Å². The molecule has 62 valence electrons. The first-order valence-electron chi connectivity index (χ1n) is 2.79. The van der Waals surface area contributed by atoms with Gasteiger partial charge in [-0.2, -0.15) is 9.78 Å². The van der Waals surface area contributed by atoms with Crippen molar-refractivity contribution in [2.75, 3.05) is 14.2 Å². The molecule has 10 heavy (non-hydrogen) atoms. The Bertz CT molecular complexity index is 68.4. The molecule has 0 saturated heterocycles. The molecule has 0 aliphatic heterocycles. The van der Waals surface area contributed by atoms with E-state index in [9.17, 15) is 0 Å². The highest BCUT2D eigenvalue weighted by atomic mass is 17.3. The molecule has 0 amide bonds. The lowest BCUT2D eigenvalue weighted by molar-refractivity contribution is -0.461. The number of aliphatic hydroxyl groups excluding tert-OH is 1. The summed E-state index contributed by atoms with van der Waals surface area (Å²) in [7, 11) is 2.63. The molecule has 5 nitrogen and oxygen atoms in total. The Morgan fingerprint density at radius 1 is 1.10 bits per heavy atom. The van der Waals surface area contributed by atoms with Gasteiger partial charge in [-0.1, -0.05) is 0 Å². The number of aliphatic hydroxyl groups is 1. The van der Waals surface area contributed by atoms with E-state index in [1.807, 2.05) is 0 Å². The van der Waals surface area contributed by atoms with Gasteiger partial charge < -0.3 is 5.11 Å². The van der Waals surface area contributed by atoms with E-state index in [0.29, 0.717) is 0 Å². The zero-order valence-corrected chi connectivity index (χ0v) is 6.23. The van der Waals surface area contributed by atoms with Crippen LogP contribution >= 0.6 is 0 Å². The monoisotopic (exact) mass is 152 g/mol. The molecular formula is C5H12O5. The van der Waals surface area contributed by atoms with Crippen molar-refractivity contribution in [3.05, 3.63) is 0 Å². The second-order valence-electron chi connectivity index (χ2n) is 1.63. The van der Waals surface area contributed by atoms with Crippen LogP contribution in [0.1, 0.15) is 6.92 Å². The highest BCUT2D eigenvalue weighted by molar-refractivity contribution is 4.46. The smallest absolute Gasteiger partial charge is 0.249 e. The van der Waals surface area contributed by atoms with Gasteiger partial charge in [0.25, 0.3) is 0 Å². The Labute approximate surface area is 59.3 Å². The van der Waals surface area contributed by atoms with Crippen molar-refractivity contribution in [3.8, 4) is 0 Å². The summed E-state index contributed by atoms with van der Waals surface area (Å²) in [5.41, 5.74) is 0. The summed E-state index contributed by atoms with van der Waals surface area (Å²) in [5.74, 6) is 0. The molecule has 0 aromatic rings. The second-order valence-corrected chi connectivity index (χ2v) is 1.63. The fourth-order valence-electron chi connectivity index (χ4n) is 0.367. The van der Waals surface area contributed by atoms with Crippen molar-refractivity contribution < 1.29 is 24.7 Å². The van der Waals surface area contributed by atoms with E-state index in [1.54, 1.807) is 0 Å². The predicted octanol–water partition coefficient (Wildman–Crippen LogP) is -0.151. The predicted molar refractivity (Wildman–Crippen MR) is 31.7 cm³/mol. The van der Waals surface area contributed by atoms with Crippen molar-refractivity contribution in [1.82, 2.24) is 0 Å². The van der Waals surface area contributed by atoms with E-state index in [0.717, 1.165) is 0 Å². The van der Waals surface area contributed by atoms with Crippen LogP contribution in [0.5, 0.6) is 0 Å². The van der Waals surface area contributed by atoms with Crippen LogP contribution in [0.15, 0.2) is 0 Å². The average Bonchev–Trinajstić information content (AvgIpc) is 1.87. The van der Waals surface area contributed by atoms with Crippen molar-refractivity contribution in [3.63, 3.8) is 0 Å². The quantitative estimate of drug-likeness (QED) is 0.337. The summed E-state index contributed by atoms with van der Waals surface area (Å²) in [6.45, 7) is 1.49. The maximum absolute atomic E-state index is 8.86. The first kappa shape index (κ1) is 9.80. The fraction of sp³-hybridized carbons (Fsp3) is 1.00. The molecule has 0 rings (SSSR count). The van der Waals surface area contributed by atoms with Crippen LogP contribution in [0.4, 0.5) is 0 Å². The summed E-state index contributed by atoms with van der Waals surface area (Å²) in [6, 6.07) is 0. The standard InChI is InChI=1S/C5H12O5/c1-4(6)5(9-7-2)10-8-3/h4-6H,1-3H3/t4-/m1/s1. The lowest BCUT2D eigenvalue weighted by Gasteiger charge is -2.15. The molecule has 0 spiro atoms. The van der Waals surface area contributed by atoms with Crippen LogP contribution in [0, 0.1) is 0 Å². The van der Waals surface area contributed by atoms with Crippen molar-refractivity contribution in [2.45, 2.75) is 19.3 Å². The molecule has 0 aliphatic rings. The maximum Gasteiger partial charge on any atom is 0.249 e. The third kappa shape index (κ3) is 3.76. The highest BCUT2D eigenvalue weighted by Gasteiger charge is 2.17. The van der Waals surface area contributed by atoms with Gasteiger partial charge in [-0.05, 0) is 6.92 Å². The lowest BCUT2D eigenvalue weighted by atomic mass is 10.4. The van der Waals surface area contributed by atoms with Gasteiger partial charge in [0.1, 0.15) is 6.10 Å². The van der Waals surface area contributed by atoms with E-state index in [2.05, 4.69) is 19.6 Å². The van der Waals surface area contributed by atoms with Crippen molar-refractivity contribution in [1.29, 1.82) is 0 Å². The summed E-state index contributed by atoms with van der Waals surface area (Å²) in [5, 5.41) is 8.86. The molecule has 0 aromatic carbocycles. The second kappa shape index (κ2) is 5.57. The summed E-state index contributed by atoms with van der Waals surface area (Å²) < 4.78 is 0. The molecule has 0 unspecified atom stereocenters. The third-order valence-electron chi connectivity index (χ3n) is 0.776. The van der Waals surface area contributed by atoms with Crippen LogP contribution in [-0.2, 0) is 19.6 Å². The minimum Gasteiger partial charge on any atom is -0.388 e. The number of rotatable bonds is 5. The lowest BCUT2D eigenvalue weighted by Crippen LogP contribution is -2.28. The van der Waals surface area contributed by atoms with E-state index < -0.39 is 12.4 Å². The molecule has 0 saturated carbocycles. The molecular weight excluding hydrogens is 140 g/mol. The van der Waals surface area contributed by atoms with E-state index in [-0.39, 0.29) is 0 Å². The number of hydrogen-bond acceptors (Lipinski definition) is 5. The fourth-order valence-corrected chi connectivity index (χ4v) is 0.367. The molecule has 0 bridgehead atoms. The third-order valence-corrected chi connectivity index (χ3v) is 0.776. The van der Waals surface area contributed by atoms with Gasteiger partial charge in [-0.15, -0.1) is 0 Å². The molecule has 1 atom stereocenters. The van der Waals surface area contributed by atoms with Gasteiger partial charge in [0, 0.05) is 0 Å². The molecule has 1 N–H and O–H groups in total. The van der Waals surface area contributed by atoms with Gasteiger partial charge in [0.2, 0.25) is 6.29 Å². The molecule has 0 radical (unpaired) electrons. The van der Waals surface area contributed by atoms with Crippen LogP contribution in [0.3, 0.4) is 0 Å². The van der Waals surface area contributed by atoms with E-state index in [1.165, 1.54) is 21.1 Å². The summed E-state index contributed by atoms with van der Waals surface area (Å²) in [4.78, 5) is 17.4. The molecule has 0 aliphatic carbocycles. The molecule has 0 aromatic heterocycles. The van der Waals surface area contributed by atoms with Gasteiger partial charge >= 0.3 is 0 Å². The average molecular weight is 152 g/mol. The van der Waals surface area contributed by atoms with Gasteiger partial charge in [0.05, 0.1) is 14.2 Å². The Morgan fingerprint density at radius 3 is 1.70 bits per heavy atom. The minimum atomic E-state index is -0.907. The Hall–Kier alpha value is -0.200. The normalized spacial score (nSPS) is 14.1. The van der Waals surface area contributed by atoms with Crippen LogP contribution < -0.4 is 0 Å². The van der Waals surface area contributed by atoms with E-state index in [4.69, 9.17) is 5.11 Å². The Morgan fingerprint density at radius 2 is 1.50 bits per heavy atom. The zero-order chi connectivity index (χ0) is 7.98. The first-order valence-corrected chi connectivity index (χ1v) is 2.79. The van der Waals surface area contributed by atoms with Gasteiger partial charge in [-0.3, -0.25) is 0 Å².